The van der Waals surface area contributed by atoms with E-state index >= 15 is 0 Å². The van der Waals surface area contributed by atoms with Gasteiger partial charge in [0, 0.05) is 66.3 Å². The largest absolute Gasteiger partial charge is 0.493 e. The van der Waals surface area contributed by atoms with Gasteiger partial charge in [-0.15, -0.1) is 0 Å². The summed E-state index contributed by atoms with van der Waals surface area (Å²) in [6.45, 7) is 8.85. The number of hydrogen-bond acceptors (Lipinski definition) is 10. The van der Waals surface area contributed by atoms with Crippen molar-refractivity contribution in [2.45, 2.75) is 52.4 Å². The molecule has 6 rings (SSSR count). The summed E-state index contributed by atoms with van der Waals surface area (Å²) in [5.41, 5.74) is 3.00. The molecular formula is C42H45ClN6O8S. The number of fused-ring (bicyclic) bond motifs is 2. The van der Waals surface area contributed by atoms with Crippen molar-refractivity contribution in [3.05, 3.63) is 99.5 Å². The van der Waals surface area contributed by atoms with Gasteiger partial charge in [0.05, 0.1) is 24.6 Å². The van der Waals surface area contributed by atoms with Crippen molar-refractivity contribution >= 4 is 73.0 Å². The Bertz CT molecular complexity index is 2680. The first-order chi connectivity index (χ1) is 27.4. The van der Waals surface area contributed by atoms with Crippen LogP contribution in [0.3, 0.4) is 0 Å². The summed E-state index contributed by atoms with van der Waals surface area (Å²) in [4.78, 5) is 49.7. The van der Waals surface area contributed by atoms with Crippen LogP contribution in [0.5, 0.6) is 11.5 Å². The third kappa shape index (κ3) is 8.09. The second-order valence-electron chi connectivity index (χ2n) is 14.7. The number of nitrogens with zero attached hydrogens (tertiary/aromatic N) is 4. The lowest BCUT2D eigenvalue weighted by atomic mass is 10.0. The number of benzene rings is 3. The van der Waals surface area contributed by atoms with Crippen LogP contribution in [0.15, 0.2) is 70.1 Å². The molecule has 3 aromatic heterocycles. The van der Waals surface area contributed by atoms with E-state index in [9.17, 15) is 22.8 Å². The monoisotopic (exact) mass is 828 g/mol. The number of nitrogens with one attached hydrogen (secondary N) is 2. The Kier molecular flexibility index (Phi) is 11.9. The molecule has 3 heterocycles. The maximum Gasteiger partial charge on any atom is 0.271 e. The molecule has 14 nitrogen and oxygen atoms in total. The molecule has 6 aromatic rings. The lowest BCUT2D eigenvalue weighted by Crippen LogP contribution is -2.28. The first-order valence-corrected chi connectivity index (χ1v) is 20.3. The number of halogens is 1. The number of aromatic nitrogens is 3. The van der Waals surface area contributed by atoms with Crippen LogP contribution in [0.1, 0.15) is 66.2 Å². The fourth-order valence-corrected chi connectivity index (χ4v) is 8.12. The van der Waals surface area contributed by atoms with Crippen LogP contribution in [-0.4, -0.2) is 73.3 Å². The minimum absolute atomic E-state index is 0.0118. The van der Waals surface area contributed by atoms with Crippen LogP contribution in [0.4, 0.5) is 11.8 Å². The average molecular weight is 829 g/mol. The van der Waals surface area contributed by atoms with Gasteiger partial charge in [-0.25, -0.2) is 17.4 Å². The second kappa shape index (κ2) is 16.5. The Balaban J connectivity index is 1.54. The highest BCUT2D eigenvalue weighted by molar-refractivity contribution is 7.90. The molecule has 0 spiro atoms. The van der Waals surface area contributed by atoms with Gasteiger partial charge in [0.1, 0.15) is 17.3 Å². The van der Waals surface area contributed by atoms with E-state index in [4.69, 9.17) is 25.5 Å². The zero-order chi connectivity index (χ0) is 42.2. The lowest BCUT2D eigenvalue weighted by molar-refractivity contribution is -0.119. The van der Waals surface area contributed by atoms with E-state index in [1.807, 2.05) is 6.92 Å². The zero-order valence-electron chi connectivity index (χ0n) is 33.7. The molecule has 2 N–H and O–H groups in total. The van der Waals surface area contributed by atoms with E-state index in [2.05, 4.69) is 20.6 Å². The number of hydrogen-bond donors (Lipinski definition) is 2. The van der Waals surface area contributed by atoms with E-state index in [-0.39, 0.29) is 64.4 Å². The van der Waals surface area contributed by atoms with Gasteiger partial charge in [-0.1, -0.05) is 57.0 Å². The number of anilines is 2. The Labute approximate surface area is 341 Å². The molecule has 0 aliphatic heterocycles. The summed E-state index contributed by atoms with van der Waals surface area (Å²) in [6.07, 6.45) is 1.69. The molecule has 3 aromatic carbocycles. The summed E-state index contributed by atoms with van der Waals surface area (Å²) in [7, 11) is 1.78. The smallest absolute Gasteiger partial charge is 0.271 e. The molecule has 0 unspecified atom stereocenters. The zero-order valence-corrected chi connectivity index (χ0v) is 35.3. The summed E-state index contributed by atoms with van der Waals surface area (Å²) < 4.78 is 48.0. The predicted molar refractivity (Wildman–Crippen MR) is 223 cm³/mol. The quantitative estimate of drug-likeness (QED) is 0.119. The minimum Gasteiger partial charge on any atom is -0.493 e. The fourth-order valence-electron chi connectivity index (χ4n) is 6.41. The Morgan fingerprint density at radius 1 is 0.879 bits per heavy atom. The van der Waals surface area contributed by atoms with Crippen molar-refractivity contribution in [1.82, 2.24) is 18.8 Å². The van der Waals surface area contributed by atoms with E-state index in [1.54, 1.807) is 84.3 Å². The molecule has 58 heavy (non-hydrogen) atoms. The molecule has 16 heteroatoms. The van der Waals surface area contributed by atoms with E-state index < -0.39 is 15.9 Å². The SMILES string of the molecule is COc1cc(Cc2cnc(NC(=O)C(C)C)nc2NC(=O)C(C)C)c2cc(Cc3c(C(=O)N(C)C)n(S(=O)(=O)c4ccc(C)cc4)c4ccc(Cl)cc34)oc2c1OC. The maximum absolute atomic E-state index is 14.5. The standard InChI is InChI=1S/C42H45ClN6O8S/c1-22(2)39(50)45-38-26(21-44-42(46-38)47-40(51)23(3)4)16-25-17-34(55-8)37(56-9)36-30(25)19-28(57-36)20-32-31-18-27(43)12-15-33(31)49(35(32)41(52)48(6)7)58(53,54)29-13-10-24(5)11-14-29/h10-15,17-19,21-23H,16,20H2,1-9H3,(H2,44,45,46,47,50,51). The van der Waals surface area contributed by atoms with Crippen LogP contribution in [0.2, 0.25) is 5.02 Å². The van der Waals surface area contributed by atoms with Gasteiger partial charge < -0.3 is 24.1 Å². The van der Waals surface area contributed by atoms with Gasteiger partial charge in [-0.05, 0) is 60.5 Å². The molecule has 0 atom stereocenters. The van der Waals surface area contributed by atoms with E-state index in [0.29, 0.717) is 55.3 Å². The average Bonchev–Trinajstić information content (AvgIpc) is 3.74. The summed E-state index contributed by atoms with van der Waals surface area (Å²) in [5, 5.41) is 6.96. The number of rotatable bonds is 13. The first-order valence-electron chi connectivity index (χ1n) is 18.5. The predicted octanol–water partition coefficient (Wildman–Crippen LogP) is 7.47. The number of carbonyl (C=O) groups is 3. The number of carbonyl (C=O) groups excluding carboxylic acids is 3. The topological polar surface area (TPSA) is 175 Å². The molecule has 0 saturated carbocycles. The molecule has 0 aliphatic rings. The normalized spacial score (nSPS) is 11.7. The third-order valence-electron chi connectivity index (χ3n) is 9.57. The number of methoxy groups -OCH3 is 2. The summed E-state index contributed by atoms with van der Waals surface area (Å²) in [5.74, 6) is -0.504. The molecule has 0 saturated heterocycles. The van der Waals surface area contributed by atoms with Crippen LogP contribution in [0.25, 0.3) is 21.9 Å². The van der Waals surface area contributed by atoms with Crippen LogP contribution < -0.4 is 20.1 Å². The number of furan rings is 1. The van der Waals surface area contributed by atoms with Gasteiger partial charge in [0.25, 0.3) is 15.9 Å². The summed E-state index contributed by atoms with van der Waals surface area (Å²) >= 11 is 6.53. The van der Waals surface area contributed by atoms with Crippen molar-refractivity contribution in [3.8, 4) is 11.5 Å². The fraction of sp³-hybridized carbons (Fsp3) is 0.310. The first kappa shape index (κ1) is 41.7. The summed E-state index contributed by atoms with van der Waals surface area (Å²) in [6, 6.07) is 14.8. The highest BCUT2D eigenvalue weighted by atomic mass is 35.5. The molecule has 0 fully saturated rings. The Morgan fingerprint density at radius 3 is 2.17 bits per heavy atom. The van der Waals surface area contributed by atoms with Gasteiger partial charge in [0.15, 0.2) is 11.3 Å². The van der Waals surface area contributed by atoms with Crippen molar-refractivity contribution in [2.24, 2.45) is 11.8 Å². The van der Waals surface area contributed by atoms with Gasteiger partial charge in [-0.3, -0.25) is 19.7 Å². The van der Waals surface area contributed by atoms with Crippen molar-refractivity contribution in [3.63, 3.8) is 0 Å². The Hall–Kier alpha value is -5.93. The minimum atomic E-state index is -4.30. The highest BCUT2D eigenvalue weighted by Crippen LogP contribution is 2.42. The molecule has 3 amide bonds. The molecule has 0 bridgehead atoms. The lowest BCUT2D eigenvalue weighted by Gasteiger charge is -2.16. The van der Waals surface area contributed by atoms with Crippen molar-refractivity contribution in [1.29, 1.82) is 0 Å². The molecule has 0 aliphatic carbocycles. The van der Waals surface area contributed by atoms with Crippen LogP contribution in [0, 0.1) is 18.8 Å². The van der Waals surface area contributed by atoms with E-state index in [1.165, 1.54) is 37.4 Å². The van der Waals surface area contributed by atoms with Crippen LogP contribution in [-0.2, 0) is 32.5 Å². The van der Waals surface area contributed by atoms with Crippen molar-refractivity contribution in [2.75, 3.05) is 38.9 Å². The molecule has 304 valence electrons. The maximum atomic E-state index is 14.5. The number of amides is 3. The molecule has 0 radical (unpaired) electrons. The van der Waals surface area contributed by atoms with Crippen molar-refractivity contribution < 1.29 is 36.7 Å². The third-order valence-corrected chi connectivity index (χ3v) is 11.5. The van der Waals surface area contributed by atoms with E-state index in [0.717, 1.165) is 9.54 Å². The van der Waals surface area contributed by atoms with Gasteiger partial charge in [-0.2, -0.15) is 4.98 Å². The van der Waals surface area contributed by atoms with Gasteiger partial charge >= 0.3 is 0 Å². The molecular weight excluding hydrogens is 784 g/mol. The number of aryl methyl sites for hydroxylation is 1. The van der Waals surface area contributed by atoms with Gasteiger partial charge in [0.2, 0.25) is 23.5 Å². The van der Waals surface area contributed by atoms with Crippen LogP contribution >= 0.6 is 11.6 Å². The highest BCUT2D eigenvalue weighted by Gasteiger charge is 2.33. The Morgan fingerprint density at radius 2 is 1.55 bits per heavy atom. The number of ether oxygens (including phenoxy) is 2. The second-order valence-corrected chi connectivity index (χ2v) is 16.9.